The van der Waals surface area contributed by atoms with Crippen LogP contribution in [0.4, 0.5) is 13.2 Å². The minimum absolute atomic E-state index is 0.0317. The molecule has 1 rings (SSSR count). The van der Waals surface area contributed by atoms with Gasteiger partial charge in [-0.05, 0) is 25.7 Å². The fourth-order valence-corrected chi connectivity index (χ4v) is 2.48. The zero-order valence-electron chi connectivity index (χ0n) is 10.8. The van der Waals surface area contributed by atoms with Gasteiger partial charge in [0.05, 0.1) is 17.9 Å². The van der Waals surface area contributed by atoms with Crippen molar-refractivity contribution in [2.75, 3.05) is 20.3 Å². The lowest BCUT2D eigenvalue weighted by Gasteiger charge is -2.29. The smallest absolute Gasteiger partial charge is 0.383 e. The molecule has 0 saturated heterocycles. The summed E-state index contributed by atoms with van der Waals surface area (Å²) in [6, 6.07) is 0. The van der Waals surface area contributed by atoms with E-state index in [1.807, 2.05) is 0 Å². The minimum atomic E-state index is -4.14. The quantitative estimate of drug-likeness (QED) is 0.793. The summed E-state index contributed by atoms with van der Waals surface area (Å²) in [5.41, 5.74) is 0. The lowest BCUT2D eigenvalue weighted by atomic mass is 9.81. The SMILES string of the molecule is COCC(Cl)CNC(=O)C1CCC(C(F)(F)F)CC1. The van der Waals surface area contributed by atoms with Crippen molar-refractivity contribution in [2.45, 2.75) is 37.2 Å². The number of hydrogen-bond acceptors (Lipinski definition) is 2. The molecule has 0 aromatic rings. The van der Waals surface area contributed by atoms with E-state index in [0.29, 0.717) is 6.61 Å². The van der Waals surface area contributed by atoms with Crippen LogP contribution in [0, 0.1) is 11.8 Å². The number of ether oxygens (including phenoxy) is 1. The third kappa shape index (κ3) is 5.57. The third-order valence-corrected chi connectivity index (χ3v) is 3.69. The summed E-state index contributed by atoms with van der Waals surface area (Å²) in [6.07, 6.45) is -3.50. The summed E-state index contributed by atoms with van der Waals surface area (Å²) in [6.45, 7) is 0.593. The van der Waals surface area contributed by atoms with Gasteiger partial charge in [-0.15, -0.1) is 11.6 Å². The van der Waals surface area contributed by atoms with Crippen LogP contribution < -0.4 is 5.32 Å². The number of methoxy groups -OCH3 is 1. The van der Waals surface area contributed by atoms with Crippen LogP contribution in [-0.2, 0) is 9.53 Å². The Morgan fingerprint density at radius 2 is 1.95 bits per heavy atom. The standard InChI is InChI=1S/C12H19ClF3NO2/c1-19-7-10(13)6-17-11(18)8-2-4-9(5-3-8)12(14,15)16/h8-10H,2-7H2,1H3,(H,17,18). The molecule has 3 nitrogen and oxygen atoms in total. The maximum atomic E-state index is 12.5. The van der Waals surface area contributed by atoms with E-state index in [1.165, 1.54) is 7.11 Å². The molecule has 1 unspecified atom stereocenters. The van der Waals surface area contributed by atoms with E-state index in [2.05, 4.69) is 5.32 Å². The van der Waals surface area contributed by atoms with Gasteiger partial charge >= 0.3 is 6.18 Å². The van der Waals surface area contributed by atoms with Crippen LogP contribution in [-0.4, -0.2) is 37.7 Å². The Morgan fingerprint density at radius 3 is 2.42 bits per heavy atom. The average molecular weight is 302 g/mol. The lowest BCUT2D eigenvalue weighted by Crippen LogP contribution is -2.38. The maximum absolute atomic E-state index is 12.5. The zero-order valence-corrected chi connectivity index (χ0v) is 11.6. The summed E-state index contributed by atoms with van der Waals surface area (Å²) in [4.78, 5) is 11.8. The number of hydrogen-bond donors (Lipinski definition) is 1. The van der Waals surface area contributed by atoms with Crippen molar-refractivity contribution in [2.24, 2.45) is 11.8 Å². The number of nitrogens with one attached hydrogen (secondary N) is 1. The number of halogens is 4. The number of alkyl halides is 4. The van der Waals surface area contributed by atoms with Crippen molar-refractivity contribution < 1.29 is 22.7 Å². The predicted molar refractivity (Wildman–Crippen MR) is 66.0 cm³/mol. The number of amides is 1. The average Bonchev–Trinajstić information content (AvgIpc) is 2.35. The Morgan fingerprint density at radius 1 is 1.37 bits per heavy atom. The molecule has 19 heavy (non-hydrogen) atoms. The highest BCUT2D eigenvalue weighted by Gasteiger charge is 2.42. The molecule has 0 bridgehead atoms. The van der Waals surface area contributed by atoms with Gasteiger partial charge in [0, 0.05) is 19.6 Å². The van der Waals surface area contributed by atoms with E-state index in [0.717, 1.165) is 0 Å². The van der Waals surface area contributed by atoms with Gasteiger partial charge in [-0.3, -0.25) is 4.79 Å². The van der Waals surface area contributed by atoms with Crippen LogP contribution in [0.3, 0.4) is 0 Å². The van der Waals surface area contributed by atoms with Crippen LogP contribution in [0.15, 0.2) is 0 Å². The van der Waals surface area contributed by atoms with Crippen LogP contribution in [0.1, 0.15) is 25.7 Å². The summed E-state index contributed by atoms with van der Waals surface area (Å²) in [7, 11) is 1.51. The van der Waals surface area contributed by atoms with Crippen molar-refractivity contribution in [1.82, 2.24) is 5.32 Å². The summed E-state index contributed by atoms with van der Waals surface area (Å²) in [5, 5.41) is 2.34. The van der Waals surface area contributed by atoms with E-state index in [4.69, 9.17) is 16.3 Å². The van der Waals surface area contributed by atoms with E-state index in [1.54, 1.807) is 0 Å². The Kier molecular flexibility index (Phi) is 6.39. The molecule has 7 heteroatoms. The lowest BCUT2D eigenvalue weighted by molar-refractivity contribution is -0.184. The fraction of sp³-hybridized carbons (Fsp3) is 0.917. The fourth-order valence-electron chi connectivity index (χ4n) is 2.28. The molecule has 1 fully saturated rings. The van der Waals surface area contributed by atoms with Gasteiger partial charge < -0.3 is 10.1 Å². The van der Waals surface area contributed by atoms with Gasteiger partial charge in [0.25, 0.3) is 0 Å². The van der Waals surface area contributed by atoms with Crippen molar-refractivity contribution in [3.05, 3.63) is 0 Å². The number of rotatable bonds is 5. The first-order valence-electron chi connectivity index (χ1n) is 6.32. The molecule has 112 valence electrons. The normalized spacial score (nSPS) is 25.9. The topological polar surface area (TPSA) is 38.3 Å². The molecule has 0 aromatic heterocycles. The summed E-state index contributed by atoms with van der Waals surface area (Å²) >= 11 is 5.86. The van der Waals surface area contributed by atoms with Crippen LogP contribution in [0.25, 0.3) is 0 Å². The summed E-state index contributed by atoms with van der Waals surface area (Å²) in [5.74, 6) is -1.79. The highest BCUT2D eigenvalue weighted by molar-refractivity contribution is 6.21. The van der Waals surface area contributed by atoms with Gasteiger partial charge in [0.15, 0.2) is 0 Å². The molecular formula is C12H19ClF3NO2. The molecule has 1 saturated carbocycles. The highest BCUT2D eigenvalue weighted by atomic mass is 35.5. The third-order valence-electron chi connectivity index (χ3n) is 3.41. The second-order valence-corrected chi connectivity index (χ2v) is 5.51. The van der Waals surface area contributed by atoms with Crippen LogP contribution in [0.5, 0.6) is 0 Å². The first kappa shape index (κ1) is 16.6. The molecule has 0 spiro atoms. The van der Waals surface area contributed by atoms with E-state index in [9.17, 15) is 18.0 Å². The van der Waals surface area contributed by atoms with Gasteiger partial charge in [-0.25, -0.2) is 0 Å². The van der Waals surface area contributed by atoms with Crippen molar-refractivity contribution in [3.8, 4) is 0 Å². The Hall–Kier alpha value is -0.490. The second-order valence-electron chi connectivity index (χ2n) is 4.89. The first-order chi connectivity index (χ1) is 8.84. The van der Waals surface area contributed by atoms with Crippen molar-refractivity contribution in [3.63, 3.8) is 0 Å². The van der Waals surface area contributed by atoms with Crippen molar-refractivity contribution in [1.29, 1.82) is 0 Å². The summed E-state index contributed by atoms with van der Waals surface area (Å²) < 4.78 is 42.3. The Balaban J connectivity index is 2.29. The van der Waals surface area contributed by atoms with E-state index in [-0.39, 0.29) is 49.4 Å². The van der Waals surface area contributed by atoms with Crippen LogP contribution >= 0.6 is 11.6 Å². The molecule has 0 aromatic carbocycles. The number of carbonyl (C=O) groups excluding carboxylic acids is 1. The minimum Gasteiger partial charge on any atom is -0.383 e. The zero-order chi connectivity index (χ0) is 14.5. The highest BCUT2D eigenvalue weighted by Crippen LogP contribution is 2.39. The molecular weight excluding hydrogens is 283 g/mol. The van der Waals surface area contributed by atoms with E-state index < -0.39 is 12.1 Å². The molecule has 1 amide bonds. The first-order valence-corrected chi connectivity index (χ1v) is 6.75. The Bertz CT molecular complexity index is 291. The van der Waals surface area contributed by atoms with Gasteiger partial charge in [-0.2, -0.15) is 13.2 Å². The van der Waals surface area contributed by atoms with Gasteiger partial charge in [0.1, 0.15) is 0 Å². The second kappa shape index (κ2) is 7.33. The molecule has 0 aliphatic heterocycles. The van der Waals surface area contributed by atoms with Gasteiger partial charge in [-0.1, -0.05) is 0 Å². The number of carbonyl (C=O) groups is 1. The maximum Gasteiger partial charge on any atom is 0.391 e. The molecule has 1 atom stereocenters. The predicted octanol–water partition coefficient (Wildman–Crippen LogP) is 2.73. The molecule has 1 aliphatic carbocycles. The molecule has 0 heterocycles. The van der Waals surface area contributed by atoms with Crippen LogP contribution in [0.2, 0.25) is 0 Å². The van der Waals surface area contributed by atoms with E-state index >= 15 is 0 Å². The molecule has 1 aliphatic rings. The Labute approximate surface area is 115 Å². The largest absolute Gasteiger partial charge is 0.391 e. The monoisotopic (exact) mass is 301 g/mol. The molecule has 0 radical (unpaired) electrons. The van der Waals surface area contributed by atoms with Crippen molar-refractivity contribution >= 4 is 17.5 Å². The van der Waals surface area contributed by atoms with Gasteiger partial charge in [0.2, 0.25) is 5.91 Å². The molecule has 1 N–H and O–H groups in total.